The minimum absolute atomic E-state index is 0.0196. The first kappa shape index (κ1) is 15.6. The predicted molar refractivity (Wildman–Crippen MR) is 69.2 cm³/mol. The summed E-state index contributed by atoms with van der Waals surface area (Å²) in [5.74, 6) is -2.36. The third-order valence-corrected chi connectivity index (χ3v) is 3.68. The largest absolute Gasteiger partial charge is 0.459 e. The molecule has 0 aliphatic carbocycles. The standard InChI is InChI=1S/C10H11BrN2O5S/c1-2-18-10(15)9(14)12-13-19(16,17)8-5-3-7(11)4-6-8/h3-6,13H,2H2,1H3,(H,12,14). The molecule has 1 amide bonds. The monoisotopic (exact) mass is 350 g/mol. The van der Waals surface area contributed by atoms with Crippen LogP contribution in [0.25, 0.3) is 0 Å². The van der Waals surface area contributed by atoms with Crippen molar-refractivity contribution in [1.82, 2.24) is 10.3 Å². The molecule has 19 heavy (non-hydrogen) atoms. The molecular formula is C10H11BrN2O5S. The summed E-state index contributed by atoms with van der Waals surface area (Å²) in [6, 6.07) is 5.73. The minimum Gasteiger partial charge on any atom is -0.459 e. The van der Waals surface area contributed by atoms with Crippen LogP contribution in [-0.2, 0) is 24.3 Å². The maximum absolute atomic E-state index is 11.7. The van der Waals surface area contributed by atoms with Crippen molar-refractivity contribution < 1.29 is 22.7 Å². The van der Waals surface area contributed by atoms with E-state index >= 15 is 0 Å². The Hall–Kier alpha value is -1.45. The highest BCUT2D eigenvalue weighted by molar-refractivity contribution is 9.10. The van der Waals surface area contributed by atoms with Gasteiger partial charge in [-0.15, -0.1) is 4.83 Å². The second-order valence-corrected chi connectivity index (χ2v) is 5.83. The van der Waals surface area contributed by atoms with Gasteiger partial charge in [0.05, 0.1) is 11.5 Å². The Kier molecular flexibility index (Phi) is 5.45. The van der Waals surface area contributed by atoms with E-state index < -0.39 is 21.9 Å². The lowest BCUT2D eigenvalue weighted by Gasteiger charge is -2.07. The van der Waals surface area contributed by atoms with Gasteiger partial charge in [0.1, 0.15) is 0 Å². The Balaban J connectivity index is 2.68. The summed E-state index contributed by atoms with van der Waals surface area (Å²) in [4.78, 5) is 23.8. The first-order valence-corrected chi connectivity index (χ1v) is 7.39. The average molecular weight is 351 g/mol. The summed E-state index contributed by atoms with van der Waals surface area (Å²) in [6.07, 6.45) is 0. The Bertz CT molecular complexity index is 570. The molecule has 0 unspecified atom stereocenters. The first-order chi connectivity index (χ1) is 8.86. The number of sulfonamides is 1. The highest BCUT2D eigenvalue weighted by atomic mass is 79.9. The van der Waals surface area contributed by atoms with Crippen molar-refractivity contribution in [2.75, 3.05) is 6.61 Å². The number of hydrazine groups is 1. The SMILES string of the molecule is CCOC(=O)C(=O)NNS(=O)(=O)c1ccc(Br)cc1. The van der Waals surface area contributed by atoms with Crippen molar-refractivity contribution in [2.24, 2.45) is 0 Å². The molecule has 0 spiro atoms. The zero-order valence-electron chi connectivity index (χ0n) is 9.84. The fraction of sp³-hybridized carbons (Fsp3) is 0.200. The van der Waals surface area contributed by atoms with E-state index in [1.807, 2.05) is 0 Å². The van der Waals surface area contributed by atoms with E-state index in [-0.39, 0.29) is 11.5 Å². The Morgan fingerprint density at radius 3 is 2.37 bits per heavy atom. The van der Waals surface area contributed by atoms with Crippen molar-refractivity contribution in [3.8, 4) is 0 Å². The van der Waals surface area contributed by atoms with Gasteiger partial charge in [-0.2, -0.15) is 0 Å². The molecule has 0 aliphatic rings. The van der Waals surface area contributed by atoms with Crippen LogP contribution >= 0.6 is 15.9 Å². The van der Waals surface area contributed by atoms with Gasteiger partial charge in [0.15, 0.2) is 0 Å². The molecule has 0 heterocycles. The number of esters is 1. The van der Waals surface area contributed by atoms with Gasteiger partial charge < -0.3 is 4.74 Å². The Morgan fingerprint density at radius 2 is 1.84 bits per heavy atom. The number of carbonyl (C=O) groups is 2. The summed E-state index contributed by atoms with van der Waals surface area (Å²) in [5, 5.41) is 0. The topological polar surface area (TPSA) is 102 Å². The molecule has 1 rings (SSSR count). The third kappa shape index (κ3) is 4.62. The molecule has 2 N–H and O–H groups in total. The van der Waals surface area contributed by atoms with E-state index in [4.69, 9.17) is 0 Å². The number of hydrogen-bond donors (Lipinski definition) is 2. The highest BCUT2D eigenvalue weighted by Gasteiger charge is 2.19. The molecule has 1 aromatic carbocycles. The quantitative estimate of drug-likeness (QED) is 0.462. The number of nitrogens with one attached hydrogen (secondary N) is 2. The second kappa shape index (κ2) is 6.64. The summed E-state index contributed by atoms with van der Waals surface area (Å²) in [6.45, 7) is 1.54. The average Bonchev–Trinajstić information content (AvgIpc) is 2.37. The van der Waals surface area contributed by atoms with E-state index in [1.165, 1.54) is 31.2 Å². The maximum atomic E-state index is 11.7. The second-order valence-electron chi connectivity index (χ2n) is 3.23. The predicted octanol–water partition coefficient (Wildman–Crippen LogP) is 0.322. The van der Waals surface area contributed by atoms with Gasteiger partial charge in [-0.3, -0.25) is 10.2 Å². The number of amides is 1. The van der Waals surface area contributed by atoms with Gasteiger partial charge in [0, 0.05) is 4.47 Å². The van der Waals surface area contributed by atoms with Crippen LogP contribution in [0.3, 0.4) is 0 Å². The van der Waals surface area contributed by atoms with Crippen LogP contribution in [0.15, 0.2) is 33.6 Å². The summed E-state index contributed by atoms with van der Waals surface area (Å²) in [5.41, 5.74) is 1.76. The molecule has 0 fully saturated rings. The summed E-state index contributed by atoms with van der Waals surface area (Å²) < 4.78 is 28.6. The van der Waals surface area contributed by atoms with Crippen LogP contribution in [0.4, 0.5) is 0 Å². The Morgan fingerprint density at radius 1 is 1.26 bits per heavy atom. The van der Waals surface area contributed by atoms with E-state index in [0.29, 0.717) is 4.47 Å². The lowest BCUT2D eigenvalue weighted by molar-refractivity contribution is -0.154. The minimum atomic E-state index is -3.93. The molecule has 1 aromatic rings. The Labute approximate surface area is 118 Å². The van der Waals surface area contributed by atoms with Crippen LogP contribution in [0.1, 0.15) is 6.92 Å². The molecule has 0 radical (unpaired) electrons. The van der Waals surface area contributed by atoms with Gasteiger partial charge >= 0.3 is 11.9 Å². The normalized spacial score (nSPS) is 10.8. The van der Waals surface area contributed by atoms with Crippen LogP contribution in [-0.4, -0.2) is 26.9 Å². The molecule has 0 aliphatic heterocycles. The van der Waals surface area contributed by atoms with Gasteiger partial charge in [0.25, 0.3) is 10.0 Å². The van der Waals surface area contributed by atoms with E-state index in [9.17, 15) is 18.0 Å². The van der Waals surface area contributed by atoms with Gasteiger partial charge in [-0.05, 0) is 31.2 Å². The molecule has 0 saturated carbocycles. The summed E-state index contributed by atoms with van der Waals surface area (Å²) >= 11 is 3.16. The molecule has 0 aromatic heterocycles. The van der Waals surface area contributed by atoms with Gasteiger partial charge in [0.2, 0.25) is 0 Å². The first-order valence-electron chi connectivity index (χ1n) is 5.11. The van der Waals surface area contributed by atoms with Crippen molar-refractivity contribution in [1.29, 1.82) is 0 Å². The number of halogens is 1. The summed E-state index contributed by atoms with van der Waals surface area (Å²) in [7, 11) is -3.93. The molecule has 0 atom stereocenters. The number of carbonyl (C=O) groups excluding carboxylic acids is 2. The number of hydrogen-bond acceptors (Lipinski definition) is 5. The van der Waals surface area contributed by atoms with Crippen molar-refractivity contribution in [3.05, 3.63) is 28.7 Å². The molecule has 104 valence electrons. The van der Waals surface area contributed by atoms with Gasteiger partial charge in [-0.25, -0.2) is 13.2 Å². The molecule has 9 heteroatoms. The lowest BCUT2D eigenvalue weighted by Crippen LogP contribution is -2.45. The molecule has 7 nitrogen and oxygen atoms in total. The lowest BCUT2D eigenvalue weighted by atomic mass is 10.4. The van der Waals surface area contributed by atoms with E-state index in [2.05, 4.69) is 20.7 Å². The van der Waals surface area contributed by atoms with Crippen molar-refractivity contribution in [3.63, 3.8) is 0 Å². The van der Waals surface area contributed by atoms with Crippen LogP contribution < -0.4 is 10.3 Å². The number of rotatable bonds is 4. The fourth-order valence-electron chi connectivity index (χ4n) is 1.03. The highest BCUT2D eigenvalue weighted by Crippen LogP contribution is 2.13. The van der Waals surface area contributed by atoms with E-state index in [0.717, 1.165) is 0 Å². The molecule has 0 saturated heterocycles. The molecule has 0 bridgehead atoms. The van der Waals surface area contributed by atoms with Crippen LogP contribution in [0.5, 0.6) is 0 Å². The van der Waals surface area contributed by atoms with Crippen LogP contribution in [0.2, 0.25) is 0 Å². The smallest absolute Gasteiger partial charge is 0.398 e. The van der Waals surface area contributed by atoms with E-state index in [1.54, 1.807) is 10.3 Å². The van der Waals surface area contributed by atoms with Crippen molar-refractivity contribution in [2.45, 2.75) is 11.8 Å². The maximum Gasteiger partial charge on any atom is 0.398 e. The van der Waals surface area contributed by atoms with Gasteiger partial charge in [-0.1, -0.05) is 15.9 Å². The van der Waals surface area contributed by atoms with Crippen LogP contribution in [0, 0.1) is 0 Å². The van der Waals surface area contributed by atoms with Crippen molar-refractivity contribution >= 4 is 37.8 Å². The zero-order chi connectivity index (χ0) is 14.5. The third-order valence-electron chi connectivity index (χ3n) is 1.88. The number of ether oxygens (including phenoxy) is 1. The number of benzene rings is 1. The molecular weight excluding hydrogens is 340 g/mol. The fourth-order valence-corrected chi connectivity index (χ4v) is 2.14. The zero-order valence-corrected chi connectivity index (χ0v) is 12.2.